The first-order chi connectivity index (χ1) is 16.3. The number of nitriles is 1. The summed E-state index contributed by atoms with van der Waals surface area (Å²) >= 11 is 12.0. The molecule has 13 heteroatoms. The summed E-state index contributed by atoms with van der Waals surface area (Å²) in [7, 11) is 0. The number of carbonyl (C=O) groups is 1. The van der Waals surface area contributed by atoms with Gasteiger partial charge >= 0.3 is 18.4 Å². The Balaban J connectivity index is 1.80. The van der Waals surface area contributed by atoms with Crippen molar-refractivity contribution in [2.45, 2.75) is 12.4 Å². The molecule has 0 radical (unpaired) electrons. The highest BCUT2D eigenvalue weighted by atomic mass is 35.5. The molecule has 0 atom stereocenters. The molecule has 3 aromatic carbocycles. The Morgan fingerprint density at radius 3 is 1.94 bits per heavy atom. The molecule has 3 aromatic rings. The zero-order chi connectivity index (χ0) is 26.0. The van der Waals surface area contributed by atoms with Crippen LogP contribution < -0.4 is 15.4 Å². The number of urea groups is 1. The lowest BCUT2D eigenvalue weighted by Gasteiger charge is -2.15. The molecule has 0 saturated heterocycles. The minimum atomic E-state index is -5.06. The molecule has 0 unspecified atom stereocenters. The van der Waals surface area contributed by atoms with Gasteiger partial charge in [-0.3, -0.25) is 0 Å². The maximum absolute atomic E-state index is 13.0. The number of halogens is 8. The normalized spacial score (nSPS) is 11.5. The van der Waals surface area contributed by atoms with E-state index in [1.54, 1.807) is 0 Å². The van der Waals surface area contributed by atoms with Crippen LogP contribution in [-0.2, 0) is 12.4 Å². The number of ether oxygens (including phenoxy) is 1. The van der Waals surface area contributed by atoms with E-state index in [9.17, 15) is 31.1 Å². The lowest BCUT2D eigenvalue weighted by molar-refractivity contribution is -0.143. The van der Waals surface area contributed by atoms with Crippen molar-refractivity contribution in [2.24, 2.45) is 0 Å². The van der Waals surface area contributed by atoms with E-state index in [-0.39, 0.29) is 38.9 Å². The predicted molar refractivity (Wildman–Crippen MR) is 117 cm³/mol. The van der Waals surface area contributed by atoms with Crippen molar-refractivity contribution >= 4 is 40.6 Å². The second kappa shape index (κ2) is 9.93. The van der Waals surface area contributed by atoms with Crippen molar-refractivity contribution in [1.82, 2.24) is 0 Å². The van der Waals surface area contributed by atoms with Gasteiger partial charge in [-0.15, -0.1) is 0 Å². The van der Waals surface area contributed by atoms with Crippen LogP contribution in [-0.4, -0.2) is 6.03 Å². The average Bonchev–Trinajstić information content (AvgIpc) is 2.75. The number of nitrogens with zero attached hydrogens (tertiary/aromatic N) is 1. The zero-order valence-corrected chi connectivity index (χ0v) is 18.5. The first kappa shape index (κ1) is 26.0. The van der Waals surface area contributed by atoms with Crippen LogP contribution in [0, 0.1) is 11.3 Å². The molecule has 0 aliphatic carbocycles. The van der Waals surface area contributed by atoms with Gasteiger partial charge in [-0.25, -0.2) is 4.79 Å². The Morgan fingerprint density at radius 2 is 1.40 bits per heavy atom. The second-order valence-electron chi connectivity index (χ2n) is 6.87. The highest BCUT2D eigenvalue weighted by molar-refractivity contribution is 6.32. The van der Waals surface area contributed by atoms with Crippen LogP contribution >= 0.6 is 23.2 Å². The third-order valence-corrected chi connectivity index (χ3v) is 4.95. The third-order valence-electron chi connectivity index (χ3n) is 4.32. The van der Waals surface area contributed by atoms with Gasteiger partial charge in [0, 0.05) is 23.5 Å². The largest absolute Gasteiger partial charge is 0.456 e. The Morgan fingerprint density at radius 1 is 0.800 bits per heavy atom. The number of nitrogens with one attached hydrogen (secondary N) is 2. The molecule has 5 nitrogen and oxygen atoms in total. The number of benzene rings is 3. The number of hydrogen-bond acceptors (Lipinski definition) is 3. The Bertz CT molecular complexity index is 1290. The molecule has 0 bridgehead atoms. The van der Waals surface area contributed by atoms with Crippen LogP contribution in [0.3, 0.4) is 0 Å². The quantitative estimate of drug-likeness (QED) is 0.331. The Labute approximate surface area is 203 Å². The third kappa shape index (κ3) is 6.71. The van der Waals surface area contributed by atoms with Crippen molar-refractivity contribution in [3.63, 3.8) is 0 Å². The first-order valence-electron chi connectivity index (χ1n) is 9.31. The van der Waals surface area contributed by atoms with Crippen molar-refractivity contribution in [2.75, 3.05) is 10.6 Å². The van der Waals surface area contributed by atoms with Gasteiger partial charge in [0.25, 0.3) is 0 Å². The minimum absolute atomic E-state index is 0.0451. The van der Waals surface area contributed by atoms with Crippen LogP contribution in [0.1, 0.15) is 16.7 Å². The smallest absolute Gasteiger partial charge is 0.416 e. The number of hydrogen-bond donors (Lipinski definition) is 2. The fourth-order valence-corrected chi connectivity index (χ4v) is 3.13. The molecule has 0 saturated carbocycles. The molecule has 2 N–H and O–H groups in total. The standard InChI is InChI=1S/C22H11Cl2F6N3O2/c23-17-4-2-14(8-19(17)35-16-3-1-11(10-31)18(24)9-16)32-20(34)33-15-6-12(21(25,26)27)5-13(7-15)22(28,29)30/h1-9H,(H2,32,33,34). The van der Waals surface area contributed by atoms with Crippen LogP contribution in [0.25, 0.3) is 0 Å². The molecule has 0 aliphatic rings. The van der Waals surface area contributed by atoms with E-state index in [1.807, 2.05) is 11.4 Å². The van der Waals surface area contributed by atoms with Gasteiger partial charge in [-0.1, -0.05) is 23.2 Å². The van der Waals surface area contributed by atoms with Gasteiger partial charge in [0.15, 0.2) is 0 Å². The van der Waals surface area contributed by atoms with E-state index in [1.165, 1.54) is 36.4 Å². The van der Waals surface area contributed by atoms with Crippen molar-refractivity contribution in [1.29, 1.82) is 5.26 Å². The Hall–Kier alpha value is -3.62. The molecule has 0 heterocycles. The number of anilines is 2. The summed E-state index contributed by atoms with van der Waals surface area (Å²) in [5.74, 6) is 0.254. The summed E-state index contributed by atoms with van der Waals surface area (Å²) in [6.07, 6.45) is -10.1. The molecule has 0 aromatic heterocycles. The topological polar surface area (TPSA) is 74.1 Å². The zero-order valence-electron chi connectivity index (χ0n) is 17.0. The van der Waals surface area contributed by atoms with Crippen LogP contribution in [0.2, 0.25) is 10.0 Å². The highest BCUT2D eigenvalue weighted by Gasteiger charge is 2.37. The molecule has 35 heavy (non-hydrogen) atoms. The second-order valence-corrected chi connectivity index (χ2v) is 7.69. The average molecular weight is 534 g/mol. The number of alkyl halides is 6. The number of carbonyl (C=O) groups excluding carboxylic acids is 1. The van der Waals surface area contributed by atoms with Gasteiger partial charge in [0.05, 0.1) is 26.7 Å². The van der Waals surface area contributed by atoms with E-state index < -0.39 is 35.2 Å². The first-order valence-corrected chi connectivity index (χ1v) is 10.1. The van der Waals surface area contributed by atoms with Gasteiger partial charge in [-0.2, -0.15) is 31.6 Å². The van der Waals surface area contributed by atoms with Crippen LogP contribution in [0.5, 0.6) is 11.5 Å². The fraction of sp³-hybridized carbons (Fsp3) is 0.0909. The lowest BCUT2D eigenvalue weighted by Crippen LogP contribution is -2.20. The summed E-state index contributed by atoms with van der Waals surface area (Å²) in [5.41, 5.74) is -3.61. The fourth-order valence-electron chi connectivity index (χ4n) is 2.76. The SMILES string of the molecule is N#Cc1ccc(Oc2cc(NC(=O)Nc3cc(C(F)(F)F)cc(C(F)(F)F)c3)ccc2Cl)cc1Cl. The van der Waals surface area contributed by atoms with E-state index in [2.05, 4.69) is 5.32 Å². The van der Waals surface area contributed by atoms with Crippen molar-refractivity contribution in [3.05, 3.63) is 81.3 Å². The molecular weight excluding hydrogens is 523 g/mol. The monoisotopic (exact) mass is 533 g/mol. The molecule has 182 valence electrons. The summed E-state index contributed by atoms with van der Waals surface area (Å²) in [6.45, 7) is 0. The van der Waals surface area contributed by atoms with Gasteiger partial charge in [0.2, 0.25) is 0 Å². The predicted octanol–water partition coefficient (Wildman–Crippen LogP) is 8.34. The molecule has 0 spiro atoms. The summed E-state index contributed by atoms with van der Waals surface area (Å²) < 4.78 is 83.6. The number of amides is 2. The maximum atomic E-state index is 13.0. The van der Waals surface area contributed by atoms with Gasteiger partial charge in [-0.05, 0) is 42.5 Å². The highest BCUT2D eigenvalue weighted by Crippen LogP contribution is 2.38. The number of rotatable bonds is 4. The summed E-state index contributed by atoms with van der Waals surface area (Å²) in [5, 5.41) is 13.4. The van der Waals surface area contributed by atoms with E-state index in [0.717, 1.165) is 0 Å². The van der Waals surface area contributed by atoms with E-state index in [0.29, 0.717) is 12.1 Å². The minimum Gasteiger partial charge on any atom is -0.456 e. The summed E-state index contributed by atoms with van der Waals surface area (Å²) in [6, 6.07) is 9.59. The van der Waals surface area contributed by atoms with Crippen molar-refractivity contribution < 1.29 is 35.9 Å². The molecule has 0 aliphatic heterocycles. The van der Waals surface area contributed by atoms with E-state index in [4.69, 9.17) is 33.2 Å². The molecule has 2 amide bonds. The lowest BCUT2D eigenvalue weighted by atomic mass is 10.1. The van der Waals surface area contributed by atoms with Gasteiger partial charge in [0.1, 0.15) is 17.6 Å². The summed E-state index contributed by atoms with van der Waals surface area (Å²) in [4.78, 5) is 12.3. The van der Waals surface area contributed by atoms with Crippen molar-refractivity contribution in [3.8, 4) is 17.6 Å². The maximum Gasteiger partial charge on any atom is 0.416 e. The van der Waals surface area contributed by atoms with Crippen LogP contribution in [0.15, 0.2) is 54.6 Å². The van der Waals surface area contributed by atoms with Gasteiger partial charge < -0.3 is 15.4 Å². The molecular formula is C22H11Cl2F6N3O2. The molecule has 3 rings (SSSR count). The molecule has 0 fully saturated rings. The van der Waals surface area contributed by atoms with E-state index >= 15 is 0 Å². The van der Waals surface area contributed by atoms with Crippen LogP contribution in [0.4, 0.5) is 42.5 Å². The Kier molecular flexibility index (Phi) is 7.38.